The van der Waals surface area contributed by atoms with E-state index in [0.29, 0.717) is 28.8 Å². The number of amides is 2. The van der Waals surface area contributed by atoms with Crippen molar-refractivity contribution in [1.29, 1.82) is 0 Å². The van der Waals surface area contributed by atoms with Gasteiger partial charge in [0.25, 0.3) is 0 Å². The first-order chi connectivity index (χ1) is 51.5. The number of hydrogen-bond donors (Lipinski definition) is 0. The maximum Gasteiger partial charge on any atom is 0.341 e. The highest BCUT2D eigenvalue weighted by molar-refractivity contribution is 7.86. The number of ether oxygens (including phenoxy) is 9. The summed E-state index contributed by atoms with van der Waals surface area (Å²) in [7, 11) is 23.0. The molecule has 0 aromatic heterocycles. The molecule has 35 nitrogen and oxygen atoms in total. The van der Waals surface area contributed by atoms with E-state index in [-0.39, 0.29) is 105 Å². The molecule has 47 heteroatoms. The molecule has 0 N–H and O–H groups in total. The maximum absolute atomic E-state index is 12.9. The Balaban J connectivity index is 0.000000703. The summed E-state index contributed by atoms with van der Waals surface area (Å²) in [4.78, 5) is 108. The second-order valence-electron chi connectivity index (χ2n) is 22.0. The minimum absolute atomic E-state index is 0.0413. The van der Waals surface area contributed by atoms with Crippen LogP contribution < -0.4 is 28.7 Å². The summed E-state index contributed by atoms with van der Waals surface area (Å²) in [6, 6.07) is 17.6. The van der Waals surface area contributed by atoms with Crippen molar-refractivity contribution in [3.63, 3.8) is 0 Å². The fraction of sp³-hybridized carbons (Fsp3) is 0.391. The van der Waals surface area contributed by atoms with Gasteiger partial charge in [-0.3, -0.25) is 19.2 Å². The average molecular weight is 1630 g/mol. The van der Waals surface area contributed by atoms with Crippen molar-refractivity contribution in [3.8, 4) is 23.0 Å². The van der Waals surface area contributed by atoms with E-state index < -0.39 is 166 Å². The molecule has 590 valence electrons. The summed E-state index contributed by atoms with van der Waals surface area (Å²) >= 11 is 0. The molecular formula is C64H70B7N2O33S5-5. The molecule has 5 rings (SSSR count). The van der Waals surface area contributed by atoms with Crippen molar-refractivity contribution in [3.05, 3.63) is 140 Å². The van der Waals surface area contributed by atoms with E-state index in [1.165, 1.54) is 113 Å². The van der Waals surface area contributed by atoms with Crippen LogP contribution in [0, 0.1) is 0 Å². The van der Waals surface area contributed by atoms with Crippen LogP contribution in [-0.2, 0) is 138 Å². The van der Waals surface area contributed by atoms with Crippen molar-refractivity contribution < 1.29 is 151 Å². The Morgan fingerprint density at radius 3 is 0.946 bits per heavy atom. The maximum atomic E-state index is 12.9. The molecule has 0 bridgehead atoms. The third-order valence-corrected chi connectivity index (χ3v) is 17.3. The lowest BCUT2D eigenvalue weighted by atomic mass is 9.78. The molecule has 0 saturated heterocycles. The van der Waals surface area contributed by atoms with Crippen molar-refractivity contribution >= 4 is 170 Å². The van der Waals surface area contributed by atoms with Gasteiger partial charge in [0, 0.05) is 41.8 Å². The van der Waals surface area contributed by atoms with Crippen molar-refractivity contribution in [2.75, 3.05) is 99.9 Å². The normalized spacial score (nSPS) is 11.0. The molecule has 5 aromatic rings. The van der Waals surface area contributed by atoms with E-state index in [9.17, 15) is 108 Å². The number of esters is 7. The molecule has 0 atom stereocenters. The van der Waals surface area contributed by atoms with E-state index in [2.05, 4.69) is 14.2 Å². The second kappa shape index (κ2) is 47.3. The molecule has 2 amide bonds. The molecule has 5 aromatic carbocycles. The summed E-state index contributed by atoms with van der Waals surface area (Å²) in [6.45, 7) is 2.16. The van der Waals surface area contributed by atoms with Crippen LogP contribution in [0.2, 0.25) is 0 Å². The Hall–Kier alpha value is -9.07. The molecule has 0 aliphatic carbocycles. The van der Waals surface area contributed by atoms with Crippen LogP contribution in [0.5, 0.6) is 23.0 Å². The Kier molecular flexibility index (Phi) is 42.6. The summed E-state index contributed by atoms with van der Waals surface area (Å²) in [5.74, 6) is -9.51. The van der Waals surface area contributed by atoms with Crippen LogP contribution >= 0.6 is 0 Å². The number of anilines is 2. The number of benzene rings is 5. The van der Waals surface area contributed by atoms with Gasteiger partial charge < -0.3 is 75.2 Å². The summed E-state index contributed by atoms with van der Waals surface area (Å²) in [5, 5.41) is 0. The zero-order valence-corrected chi connectivity index (χ0v) is 65.0. The lowest BCUT2D eigenvalue weighted by Crippen LogP contribution is -2.32. The predicted molar refractivity (Wildman–Crippen MR) is 397 cm³/mol. The molecule has 0 fully saturated rings. The topological polar surface area (TPSA) is 529 Å². The minimum atomic E-state index is -4.61. The third-order valence-electron chi connectivity index (χ3n) is 14.0. The zero-order chi connectivity index (χ0) is 85.1. The van der Waals surface area contributed by atoms with Crippen LogP contribution in [0.4, 0.5) is 11.4 Å². The molecule has 0 unspecified atom stereocenters. The zero-order valence-electron chi connectivity index (χ0n) is 60.9. The van der Waals surface area contributed by atoms with E-state index >= 15 is 0 Å². The third kappa shape index (κ3) is 36.8. The van der Waals surface area contributed by atoms with Gasteiger partial charge in [-0.15, -0.1) is 0 Å². The van der Waals surface area contributed by atoms with Gasteiger partial charge in [-0.1, -0.05) is 79.6 Å². The van der Waals surface area contributed by atoms with Gasteiger partial charge in [0.1, 0.15) is 67.2 Å². The molecule has 0 aliphatic rings. The number of methoxy groups -OCH3 is 2. The first-order valence-corrected chi connectivity index (χ1v) is 39.5. The van der Waals surface area contributed by atoms with Gasteiger partial charge in [0.05, 0.1) is 177 Å². The second-order valence-corrected chi connectivity index (χ2v) is 29.6. The van der Waals surface area contributed by atoms with Gasteiger partial charge in [-0.05, 0) is 76.3 Å². The number of rotatable bonds is 33. The van der Waals surface area contributed by atoms with E-state index in [1.807, 2.05) is 0 Å². The highest BCUT2D eigenvalue weighted by Crippen LogP contribution is 2.41. The van der Waals surface area contributed by atoms with Crippen LogP contribution in [0.25, 0.3) is 0 Å². The quantitative estimate of drug-likeness (QED) is 0.0167. The van der Waals surface area contributed by atoms with Crippen LogP contribution in [0.1, 0.15) is 118 Å². The largest absolute Gasteiger partial charge is 0.748 e. The number of carbonyl (C=O) groups is 9. The Labute approximate surface area is 651 Å². The highest BCUT2D eigenvalue weighted by atomic mass is 32.2. The molecule has 0 spiro atoms. The molecule has 111 heavy (non-hydrogen) atoms. The Morgan fingerprint density at radius 2 is 0.649 bits per heavy atom. The Bertz CT molecular complexity index is 4680. The average Bonchev–Trinajstić information content (AvgIpc) is 0.745. The first kappa shape index (κ1) is 99.9. The Morgan fingerprint density at radius 1 is 0.351 bits per heavy atom. The smallest absolute Gasteiger partial charge is 0.341 e. The van der Waals surface area contributed by atoms with E-state index in [4.69, 9.17) is 83.3 Å². The lowest BCUT2D eigenvalue weighted by molar-refractivity contribution is -0.132. The number of carbonyl (C=O) groups excluding carboxylic acids is 9. The van der Waals surface area contributed by atoms with Gasteiger partial charge in [-0.25, -0.2) is 66.1 Å². The summed E-state index contributed by atoms with van der Waals surface area (Å²) in [5.41, 5.74) is 4.04. The van der Waals surface area contributed by atoms with Gasteiger partial charge in [-0.2, -0.15) is 0 Å². The standard InChI is InChI=1S/C18H23B3N2O7S.2C12H13BO7S.2C11H13BO6S/c1-10(24)22(3)16-12(7-19)15(18(26)30-5-6-31(27,28)29)13(8-20)17(14(16)9-21)23(4)11(2)25;1-8(14)20-11-6-9(2-3-10(11)7-13)12(15)19-4-5-21(16,17)18;1-8(14)20-11-6-9(7-13)2-3-10(11)12(15)19-4-5-21(16,17)18;1-17-10-6-8(2-3-9(10)7-12)11(13)18-4-5-19(14,15)16;1-17-10-6-8(7-12)2-3-9(10)11(13)18-4-5-19(14,15)16/h5-9H2,1-4H3,(H,27,28,29);2*2-3,6H,4-5,7H2,1H3,(H,16,17,18);2*2-3,6H,4-5,7H2,1H3,(H,14,15,16)/p-5. The highest BCUT2D eigenvalue weighted by Gasteiger charge is 2.31. The van der Waals surface area contributed by atoms with Crippen LogP contribution in [-0.4, -0.2) is 263 Å². The van der Waals surface area contributed by atoms with Gasteiger partial charge in [0.2, 0.25) is 11.8 Å². The summed E-state index contributed by atoms with van der Waals surface area (Å²) in [6.07, 6.45) is 0.281. The fourth-order valence-corrected chi connectivity index (χ4v) is 10.1. The molecule has 0 aliphatic heterocycles. The van der Waals surface area contributed by atoms with Gasteiger partial charge in [0.15, 0.2) is 0 Å². The first-order valence-electron chi connectivity index (χ1n) is 31.6. The van der Waals surface area contributed by atoms with Crippen molar-refractivity contribution in [2.45, 2.75) is 71.9 Å². The SMILES string of the molecule is [B]Cc1c(C(=O)OCCS(=O)(=O)[O-])c(C[B])c(N(C)C(C)=O)c(C[B])c1N(C)C(C)=O.[B]Cc1ccc(C(=O)OCCS(=O)(=O)[O-])c(OC(C)=O)c1.[B]Cc1ccc(C(=O)OCCS(=O)(=O)[O-])c(OC)c1.[B]Cc1ccc(C(=O)OCCS(=O)(=O)[O-])cc1OC.[B]Cc1ccc(C(=O)OCCS(=O)(=O)[O-])cc1OC(C)=O. The monoisotopic (exact) mass is 1630 g/mol. The van der Waals surface area contributed by atoms with E-state index in [1.54, 1.807) is 18.2 Å². The van der Waals surface area contributed by atoms with E-state index in [0.717, 1.165) is 18.1 Å². The van der Waals surface area contributed by atoms with Crippen molar-refractivity contribution in [1.82, 2.24) is 0 Å². The molecule has 14 radical (unpaired) electrons. The minimum Gasteiger partial charge on any atom is -0.748 e. The molecule has 0 heterocycles. The van der Waals surface area contributed by atoms with Crippen molar-refractivity contribution in [2.24, 2.45) is 0 Å². The molecular weight excluding hydrogens is 1560 g/mol. The summed E-state index contributed by atoms with van der Waals surface area (Å²) < 4.78 is 201. The lowest BCUT2D eigenvalue weighted by Gasteiger charge is -2.32. The molecule has 0 saturated carbocycles. The predicted octanol–water partition coefficient (Wildman–Crippen LogP) is -0.544. The fourth-order valence-electron chi connectivity index (χ4n) is 8.71. The number of nitrogens with zero attached hydrogens (tertiary/aromatic N) is 2. The van der Waals surface area contributed by atoms with Crippen LogP contribution in [0.3, 0.4) is 0 Å². The number of hydrogen-bond acceptors (Lipinski definition) is 33. The van der Waals surface area contributed by atoms with Gasteiger partial charge >= 0.3 is 41.8 Å². The van der Waals surface area contributed by atoms with Crippen LogP contribution in [0.15, 0.2) is 72.8 Å².